The van der Waals surface area contributed by atoms with Gasteiger partial charge in [0.15, 0.2) is 0 Å². The monoisotopic (exact) mass is 410 g/mol. The van der Waals surface area contributed by atoms with Gasteiger partial charge >= 0.3 is 6.11 Å². The van der Waals surface area contributed by atoms with Crippen molar-refractivity contribution in [2.75, 3.05) is 6.54 Å². The molecule has 28 heavy (non-hydrogen) atoms. The van der Waals surface area contributed by atoms with Crippen LogP contribution in [0.5, 0.6) is 5.75 Å². The third-order valence-electron chi connectivity index (χ3n) is 3.84. The van der Waals surface area contributed by atoms with Crippen LogP contribution in [-0.2, 0) is 0 Å². The molecule has 1 saturated carbocycles. The Morgan fingerprint density at radius 2 is 2.07 bits per heavy atom. The Kier molecular flexibility index (Phi) is 10.3. The fourth-order valence-electron chi connectivity index (χ4n) is 2.33. The lowest BCUT2D eigenvalue weighted by atomic mass is 10.0. The molecular formula is C22H32F2N2OS. The van der Waals surface area contributed by atoms with Crippen LogP contribution in [0, 0.1) is 5.92 Å². The molecule has 0 atom stereocenters. The van der Waals surface area contributed by atoms with Crippen LogP contribution < -0.4 is 10.1 Å². The first-order valence-corrected chi connectivity index (χ1v) is 10.6. The molecule has 156 valence electrons. The maximum atomic E-state index is 13.0. The maximum Gasteiger partial charge on any atom is 0.394 e. The lowest BCUT2D eigenvalue weighted by molar-refractivity contribution is -0.158. The van der Waals surface area contributed by atoms with Crippen LogP contribution in [-0.4, -0.2) is 17.7 Å². The van der Waals surface area contributed by atoms with Crippen molar-refractivity contribution in [1.29, 1.82) is 0 Å². The molecule has 1 aliphatic rings. The molecule has 0 bridgehead atoms. The van der Waals surface area contributed by atoms with Crippen LogP contribution in [0.25, 0.3) is 5.57 Å². The molecule has 0 aliphatic heterocycles. The number of thioether (sulfide) groups is 1. The van der Waals surface area contributed by atoms with Crippen molar-refractivity contribution in [1.82, 2.24) is 5.32 Å². The summed E-state index contributed by atoms with van der Waals surface area (Å²) in [6.07, 6.45) is 1.91. The van der Waals surface area contributed by atoms with Crippen molar-refractivity contribution >= 4 is 22.4 Å². The minimum Gasteiger partial charge on any atom is -0.433 e. The molecule has 0 heterocycles. The van der Waals surface area contributed by atoms with E-state index in [1.807, 2.05) is 33.8 Å². The second kappa shape index (κ2) is 11.9. The third kappa shape index (κ3) is 9.93. The fourth-order valence-corrected chi connectivity index (χ4v) is 2.94. The van der Waals surface area contributed by atoms with Gasteiger partial charge in [-0.25, -0.2) is 0 Å². The molecule has 1 aromatic carbocycles. The predicted octanol–water partition coefficient (Wildman–Crippen LogP) is 7.08. The zero-order valence-electron chi connectivity index (χ0n) is 17.5. The summed E-state index contributed by atoms with van der Waals surface area (Å²) in [4.78, 5) is 4.49. The standard InChI is InChI=1S/C20H26F2N2OS.C2H6/c1-5-17(18-7-6-8-19(11-18)25-20(4,21)22)13-24-15(3)26-14(2)23-12-16-9-10-16;1-2/h6-8,11,13,16,23H,2,5,9-10,12H2,1,3-4H3;1-2H3/b17-13+,24-15?;. The number of nitrogens with zero attached hydrogens (tertiary/aromatic N) is 1. The molecule has 0 spiro atoms. The molecular weight excluding hydrogens is 378 g/mol. The van der Waals surface area contributed by atoms with Gasteiger partial charge in [-0.1, -0.05) is 51.2 Å². The summed E-state index contributed by atoms with van der Waals surface area (Å²) in [6.45, 7) is 13.6. The summed E-state index contributed by atoms with van der Waals surface area (Å²) in [6, 6.07) is 6.70. The zero-order chi connectivity index (χ0) is 21.2. The van der Waals surface area contributed by atoms with E-state index in [1.165, 1.54) is 30.7 Å². The van der Waals surface area contributed by atoms with E-state index in [9.17, 15) is 8.78 Å². The Morgan fingerprint density at radius 3 is 2.64 bits per heavy atom. The minimum absolute atomic E-state index is 0.141. The smallest absolute Gasteiger partial charge is 0.394 e. The van der Waals surface area contributed by atoms with Gasteiger partial charge < -0.3 is 10.1 Å². The molecule has 0 amide bonds. The molecule has 2 rings (SSSR count). The molecule has 3 nitrogen and oxygen atoms in total. The molecule has 1 fully saturated rings. The highest BCUT2D eigenvalue weighted by atomic mass is 32.2. The quantitative estimate of drug-likeness (QED) is 0.349. The highest BCUT2D eigenvalue weighted by Gasteiger charge is 2.23. The van der Waals surface area contributed by atoms with E-state index < -0.39 is 6.11 Å². The lowest BCUT2D eigenvalue weighted by Gasteiger charge is -2.14. The number of benzene rings is 1. The van der Waals surface area contributed by atoms with Gasteiger partial charge in [0.1, 0.15) is 5.75 Å². The number of aliphatic imine (C=N–C) groups is 1. The number of hydrogen-bond acceptors (Lipinski definition) is 4. The van der Waals surface area contributed by atoms with Gasteiger partial charge in [-0.15, -0.1) is 0 Å². The molecule has 1 N–H and O–H groups in total. The topological polar surface area (TPSA) is 33.6 Å². The van der Waals surface area contributed by atoms with Crippen LogP contribution in [0.3, 0.4) is 0 Å². The largest absolute Gasteiger partial charge is 0.433 e. The van der Waals surface area contributed by atoms with Crippen molar-refractivity contribution < 1.29 is 13.5 Å². The van der Waals surface area contributed by atoms with Crippen LogP contribution in [0.2, 0.25) is 0 Å². The van der Waals surface area contributed by atoms with Crippen LogP contribution in [0.4, 0.5) is 8.78 Å². The first kappa shape index (κ1) is 24.2. The van der Waals surface area contributed by atoms with Gasteiger partial charge in [0.2, 0.25) is 0 Å². The van der Waals surface area contributed by atoms with Crippen molar-refractivity contribution in [2.24, 2.45) is 10.9 Å². The van der Waals surface area contributed by atoms with E-state index in [0.717, 1.165) is 47.0 Å². The second-order valence-corrected chi connectivity index (χ2v) is 7.73. The number of allylic oxidation sites excluding steroid dienone is 1. The van der Waals surface area contributed by atoms with Gasteiger partial charge in [-0.3, -0.25) is 4.99 Å². The third-order valence-corrected chi connectivity index (χ3v) is 4.63. The number of rotatable bonds is 9. The molecule has 1 aromatic rings. The van der Waals surface area contributed by atoms with Gasteiger partial charge in [0.25, 0.3) is 0 Å². The van der Waals surface area contributed by atoms with Crippen molar-refractivity contribution in [2.45, 2.75) is 60.0 Å². The number of ether oxygens (including phenoxy) is 1. The van der Waals surface area contributed by atoms with E-state index in [-0.39, 0.29) is 5.75 Å². The average molecular weight is 411 g/mol. The predicted molar refractivity (Wildman–Crippen MR) is 118 cm³/mol. The van der Waals surface area contributed by atoms with E-state index >= 15 is 0 Å². The van der Waals surface area contributed by atoms with E-state index in [2.05, 4.69) is 21.6 Å². The van der Waals surface area contributed by atoms with Gasteiger partial charge in [-0.05, 0) is 55.4 Å². The van der Waals surface area contributed by atoms with Crippen molar-refractivity contribution in [3.05, 3.63) is 47.6 Å². The highest BCUT2D eigenvalue weighted by molar-refractivity contribution is 8.17. The Bertz CT molecular complexity index is 692. The fraction of sp³-hybridized carbons (Fsp3) is 0.500. The van der Waals surface area contributed by atoms with E-state index in [1.54, 1.807) is 18.3 Å². The van der Waals surface area contributed by atoms with Gasteiger partial charge in [0, 0.05) is 19.7 Å². The first-order chi connectivity index (χ1) is 13.3. The van der Waals surface area contributed by atoms with Crippen molar-refractivity contribution in [3.8, 4) is 5.75 Å². The van der Waals surface area contributed by atoms with E-state index in [0.29, 0.717) is 0 Å². The second-order valence-electron chi connectivity index (χ2n) is 6.44. The Hall–Kier alpha value is -1.82. The van der Waals surface area contributed by atoms with Crippen LogP contribution in [0.15, 0.2) is 47.1 Å². The van der Waals surface area contributed by atoms with Gasteiger partial charge in [-0.2, -0.15) is 8.78 Å². The van der Waals surface area contributed by atoms with Crippen molar-refractivity contribution in [3.63, 3.8) is 0 Å². The van der Waals surface area contributed by atoms with Crippen LogP contribution in [0.1, 0.15) is 59.4 Å². The average Bonchev–Trinajstić information content (AvgIpc) is 3.45. The number of hydrogen-bond donors (Lipinski definition) is 1. The summed E-state index contributed by atoms with van der Waals surface area (Å²) >= 11 is 1.50. The minimum atomic E-state index is -3.20. The Labute approximate surface area is 172 Å². The maximum absolute atomic E-state index is 13.0. The Morgan fingerprint density at radius 1 is 1.39 bits per heavy atom. The first-order valence-electron chi connectivity index (χ1n) is 9.78. The number of halogens is 2. The van der Waals surface area contributed by atoms with E-state index in [4.69, 9.17) is 0 Å². The summed E-state index contributed by atoms with van der Waals surface area (Å²) in [5.74, 6) is 0.934. The lowest BCUT2D eigenvalue weighted by Crippen LogP contribution is -2.19. The van der Waals surface area contributed by atoms with Gasteiger partial charge in [0.05, 0.1) is 10.1 Å². The van der Waals surface area contributed by atoms with Crippen LogP contribution >= 0.6 is 11.8 Å². The molecule has 6 heteroatoms. The molecule has 0 unspecified atom stereocenters. The SMILES string of the molecule is C=C(NCC1CC1)SC(C)=N/C=C(\CC)c1cccc(OC(C)(F)F)c1.CC. The highest BCUT2D eigenvalue weighted by Crippen LogP contribution is 2.29. The molecule has 0 saturated heterocycles. The zero-order valence-corrected chi connectivity index (χ0v) is 18.3. The summed E-state index contributed by atoms with van der Waals surface area (Å²) in [5.41, 5.74) is 1.77. The summed E-state index contributed by atoms with van der Waals surface area (Å²) < 4.78 is 30.7. The summed E-state index contributed by atoms with van der Waals surface area (Å²) in [7, 11) is 0. The Balaban J connectivity index is 0.00000190. The molecule has 1 aliphatic carbocycles. The summed E-state index contributed by atoms with van der Waals surface area (Å²) in [5, 5.41) is 5.08. The molecule has 0 radical (unpaired) electrons. The number of alkyl halides is 2. The molecule has 0 aromatic heterocycles. The normalized spacial score (nSPS) is 14.8. The number of nitrogens with one attached hydrogen (secondary N) is 1.